The van der Waals surface area contributed by atoms with Gasteiger partial charge in [0.2, 0.25) is 0 Å². The minimum Gasteiger partial charge on any atom is -0.250 e. The normalized spacial score (nSPS) is 12.6. The van der Waals surface area contributed by atoms with Crippen LogP contribution in [0.1, 0.15) is 21.4 Å². The zero-order valence-electron chi connectivity index (χ0n) is 9.19. The van der Waals surface area contributed by atoms with E-state index in [0.717, 1.165) is 16.8 Å². The Labute approximate surface area is 109 Å². The first-order valence-corrected chi connectivity index (χ1v) is 7.25. The SMILES string of the molecule is Cc1ncc(CC(CBr)c2ccccc2)s1. The number of hydrogen-bond donors (Lipinski definition) is 0. The third-order valence-electron chi connectivity index (χ3n) is 2.57. The molecule has 3 heteroatoms. The Morgan fingerprint density at radius 3 is 2.62 bits per heavy atom. The monoisotopic (exact) mass is 295 g/mol. The lowest BCUT2D eigenvalue weighted by atomic mass is 9.97. The largest absolute Gasteiger partial charge is 0.250 e. The second-order valence-electron chi connectivity index (χ2n) is 3.81. The number of aryl methyl sites for hydroxylation is 1. The van der Waals surface area contributed by atoms with E-state index in [1.807, 2.05) is 6.20 Å². The predicted molar refractivity (Wildman–Crippen MR) is 73.5 cm³/mol. The van der Waals surface area contributed by atoms with Gasteiger partial charge in [0, 0.05) is 16.4 Å². The third kappa shape index (κ3) is 2.92. The fraction of sp³-hybridized carbons (Fsp3) is 0.308. The maximum atomic E-state index is 4.30. The van der Waals surface area contributed by atoms with E-state index < -0.39 is 0 Å². The molecule has 0 aliphatic rings. The van der Waals surface area contributed by atoms with Crippen molar-refractivity contribution in [2.75, 3.05) is 5.33 Å². The van der Waals surface area contributed by atoms with Crippen LogP contribution in [0.4, 0.5) is 0 Å². The number of halogens is 1. The Kier molecular flexibility index (Phi) is 4.13. The summed E-state index contributed by atoms with van der Waals surface area (Å²) in [5, 5.41) is 2.14. The van der Waals surface area contributed by atoms with Gasteiger partial charge in [-0.3, -0.25) is 0 Å². The van der Waals surface area contributed by atoms with Gasteiger partial charge >= 0.3 is 0 Å². The fourth-order valence-electron chi connectivity index (χ4n) is 1.73. The molecule has 1 aromatic carbocycles. The van der Waals surface area contributed by atoms with Crippen LogP contribution < -0.4 is 0 Å². The molecule has 1 heterocycles. The lowest BCUT2D eigenvalue weighted by molar-refractivity contribution is 0.784. The molecule has 2 aromatic rings. The molecule has 0 saturated heterocycles. The average Bonchev–Trinajstić information content (AvgIpc) is 2.73. The molecule has 84 valence electrons. The molecular formula is C13H14BrNS. The molecule has 0 aliphatic carbocycles. The van der Waals surface area contributed by atoms with Crippen molar-refractivity contribution in [1.29, 1.82) is 0 Å². The number of alkyl halides is 1. The second kappa shape index (κ2) is 5.60. The summed E-state index contributed by atoms with van der Waals surface area (Å²) in [6, 6.07) is 10.6. The first-order chi connectivity index (χ1) is 7.79. The zero-order valence-corrected chi connectivity index (χ0v) is 11.6. The summed E-state index contributed by atoms with van der Waals surface area (Å²) < 4.78 is 0. The Balaban J connectivity index is 2.12. The number of aromatic nitrogens is 1. The van der Waals surface area contributed by atoms with E-state index in [2.05, 4.69) is 58.2 Å². The van der Waals surface area contributed by atoms with Gasteiger partial charge in [0.1, 0.15) is 0 Å². The quantitative estimate of drug-likeness (QED) is 0.772. The molecule has 2 rings (SSSR count). The van der Waals surface area contributed by atoms with Crippen molar-refractivity contribution in [3.05, 3.63) is 52.0 Å². The van der Waals surface area contributed by atoms with Gasteiger partial charge in [-0.1, -0.05) is 46.3 Å². The zero-order chi connectivity index (χ0) is 11.4. The van der Waals surface area contributed by atoms with Gasteiger partial charge in [-0.05, 0) is 24.8 Å². The van der Waals surface area contributed by atoms with Crippen LogP contribution in [0.25, 0.3) is 0 Å². The molecule has 1 atom stereocenters. The van der Waals surface area contributed by atoms with Crippen LogP contribution in [0, 0.1) is 6.92 Å². The molecule has 0 radical (unpaired) electrons. The fourth-order valence-corrected chi connectivity index (χ4v) is 3.21. The Morgan fingerprint density at radius 1 is 1.31 bits per heavy atom. The van der Waals surface area contributed by atoms with Crippen LogP contribution in [0.15, 0.2) is 36.5 Å². The summed E-state index contributed by atoms with van der Waals surface area (Å²) in [5.41, 5.74) is 1.39. The minimum atomic E-state index is 0.543. The molecule has 0 N–H and O–H groups in total. The van der Waals surface area contributed by atoms with Crippen molar-refractivity contribution >= 4 is 27.3 Å². The number of hydrogen-bond acceptors (Lipinski definition) is 2. The van der Waals surface area contributed by atoms with Crippen molar-refractivity contribution in [3.63, 3.8) is 0 Å². The van der Waals surface area contributed by atoms with Crippen molar-refractivity contribution < 1.29 is 0 Å². The highest BCUT2D eigenvalue weighted by molar-refractivity contribution is 9.09. The molecule has 1 aromatic heterocycles. The van der Waals surface area contributed by atoms with Crippen LogP contribution in [-0.2, 0) is 6.42 Å². The van der Waals surface area contributed by atoms with E-state index in [0.29, 0.717) is 5.92 Å². The van der Waals surface area contributed by atoms with Crippen LogP contribution >= 0.6 is 27.3 Å². The number of nitrogens with zero attached hydrogens (tertiary/aromatic N) is 1. The van der Waals surface area contributed by atoms with E-state index in [1.165, 1.54) is 10.4 Å². The van der Waals surface area contributed by atoms with Gasteiger partial charge in [0.15, 0.2) is 0 Å². The van der Waals surface area contributed by atoms with Crippen LogP contribution in [0.3, 0.4) is 0 Å². The molecule has 0 aliphatic heterocycles. The lowest BCUT2D eigenvalue weighted by Crippen LogP contribution is -2.03. The van der Waals surface area contributed by atoms with Gasteiger partial charge in [-0.2, -0.15) is 0 Å². The van der Waals surface area contributed by atoms with E-state index in [1.54, 1.807) is 11.3 Å². The van der Waals surface area contributed by atoms with Gasteiger partial charge < -0.3 is 0 Å². The van der Waals surface area contributed by atoms with Gasteiger partial charge in [0.25, 0.3) is 0 Å². The van der Waals surface area contributed by atoms with Crippen molar-refractivity contribution in [1.82, 2.24) is 4.98 Å². The van der Waals surface area contributed by atoms with Gasteiger partial charge in [0.05, 0.1) is 5.01 Å². The highest BCUT2D eigenvalue weighted by Crippen LogP contribution is 2.25. The Hall–Kier alpha value is -0.670. The standard InChI is InChI=1S/C13H14BrNS/c1-10-15-9-13(16-10)7-12(8-14)11-5-3-2-4-6-11/h2-6,9,12H,7-8H2,1H3. The molecule has 0 spiro atoms. The summed E-state index contributed by atoms with van der Waals surface area (Å²) >= 11 is 5.40. The summed E-state index contributed by atoms with van der Waals surface area (Å²) in [5.74, 6) is 0.543. The van der Waals surface area contributed by atoms with Gasteiger partial charge in [-0.25, -0.2) is 4.98 Å². The maximum Gasteiger partial charge on any atom is 0.0896 e. The van der Waals surface area contributed by atoms with Crippen LogP contribution in [0.5, 0.6) is 0 Å². The Bertz CT molecular complexity index is 438. The van der Waals surface area contributed by atoms with E-state index in [4.69, 9.17) is 0 Å². The van der Waals surface area contributed by atoms with Crippen molar-refractivity contribution in [3.8, 4) is 0 Å². The maximum absolute atomic E-state index is 4.30. The number of thiazole rings is 1. The molecule has 0 bridgehead atoms. The molecule has 0 amide bonds. The molecule has 0 fully saturated rings. The molecule has 1 nitrogen and oxygen atoms in total. The van der Waals surface area contributed by atoms with Crippen LogP contribution in [0.2, 0.25) is 0 Å². The summed E-state index contributed by atoms with van der Waals surface area (Å²) in [7, 11) is 0. The number of benzene rings is 1. The van der Waals surface area contributed by atoms with E-state index in [-0.39, 0.29) is 0 Å². The summed E-state index contributed by atoms with van der Waals surface area (Å²) in [6.07, 6.45) is 3.07. The topological polar surface area (TPSA) is 12.9 Å². The smallest absolute Gasteiger partial charge is 0.0896 e. The third-order valence-corrected chi connectivity index (χ3v) is 4.29. The van der Waals surface area contributed by atoms with Crippen LogP contribution in [-0.4, -0.2) is 10.3 Å². The molecule has 0 saturated carbocycles. The number of rotatable bonds is 4. The predicted octanol–water partition coefficient (Wildman–Crippen LogP) is 4.17. The van der Waals surface area contributed by atoms with Crippen molar-refractivity contribution in [2.45, 2.75) is 19.3 Å². The Morgan fingerprint density at radius 2 is 2.06 bits per heavy atom. The summed E-state index contributed by atoms with van der Waals surface area (Å²) in [4.78, 5) is 5.67. The highest BCUT2D eigenvalue weighted by Gasteiger charge is 2.12. The first kappa shape index (κ1) is 11.8. The van der Waals surface area contributed by atoms with E-state index >= 15 is 0 Å². The van der Waals surface area contributed by atoms with Gasteiger partial charge in [-0.15, -0.1) is 11.3 Å². The lowest BCUT2D eigenvalue weighted by Gasteiger charge is -2.12. The average molecular weight is 296 g/mol. The molecule has 16 heavy (non-hydrogen) atoms. The highest BCUT2D eigenvalue weighted by atomic mass is 79.9. The van der Waals surface area contributed by atoms with Crippen molar-refractivity contribution in [2.24, 2.45) is 0 Å². The second-order valence-corrected chi connectivity index (χ2v) is 5.78. The molecule has 1 unspecified atom stereocenters. The summed E-state index contributed by atoms with van der Waals surface area (Å²) in [6.45, 7) is 2.06. The van der Waals surface area contributed by atoms with E-state index in [9.17, 15) is 0 Å². The molecular weight excluding hydrogens is 282 g/mol. The minimum absolute atomic E-state index is 0.543. The first-order valence-electron chi connectivity index (χ1n) is 5.32.